The first-order valence-corrected chi connectivity index (χ1v) is 6.18. The molecule has 0 saturated heterocycles. The molecule has 1 aromatic carbocycles. The first kappa shape index (κ1) is 9.67. The average molecular weight is 254 g/mol. The SMILES string of the molecule is O=c1[nH]nnc2c1sc1nc3ccccc3cc12. The average Bonchev–Trinajstić information content (AvgIpc) is 2.76. The fourth-order valence-electron chi connectivity index (χ4n) is 2.04. The van der Waals surface area contributed by atoms with E-state index in [9.17, 15) is 4.79 Å². The van der Waals surface area contributed by atoms with Crippen molar-refractivity contribution in [2.45, 2.75) is 0 Å². The maximum Gasteiger partial charge on any atom is 0.285 e. The summed E-state index contributed by atoms with van der Waals surface area (Å²) in [5.41, 5.74) is 1.32. The quantitative estimate of drug-likeness (QED) is 0.521. The van der Waals surface area contributed by atoms with Gasteiger partial charge in [0.25, 0.3) is 5.56 Å². The normalized spacial score (nSPS) is 11.6. The number of rotatable bonds is 0. The number of benzene rings is 1. The molecule has 0 saturated carbocycles. The summed E-state index contributed by atoms with van der Waals surface area (Å²) in [6, 6.07) is 9.86. The fourth-order valence-corrected chi connectivity index (χ4v) is 3.03. The summed E-state index contributed by atoms with van der Waals surface area (Å²) in [5, 5.41) is 11.9. The first-order chi connectivity index (χ1) is 8.83. The number of H-pyrrole nitrogens is 1. The Morgan fingerprint density at radius 3 is 3.06 bits per heavy atom. The lowest BCUT2D eigenvalue weighted by Gasteiger charge is -1.96. The lowest BCUT2D eigenvalue weighted by molar-refractivity contribution is 0.876. The smallest absolute Gasteiger partial charge is 0.266 e. The van der Waals surface area contributed by atoms with E-state index in [0.29, 0.717) is 10.2 Å². The number of aromatic amines is 1. The highest BCUT2D eigenvalue weighted by Crippen LogP contribution is 2.30. The van der Waals surface area contributed by atoms with Crippen LogP contribution in [0.15, 0.2) is 35.1 Å². The minimum absolute atomic E-state index is 0.216. The molecule has 18 heavy (non-hydrogen) atoms. The Morgan fingerprint density at radius 1 is 1.22 bits per heavy atom. The molecule has 1 N–H and O–H groups in total. The molecule has 4 rings (SSSR count). The Morgan fingerprint density at radius 2 is 2.11 bits per heavy atom. The van der Waals surface area contributed by atoms with E-state index in [1.165, 1.54) is 11.3 Å². The van der Waals surface area contributed by atoms with Crippen molar-refractivity contribution in [3.05, 3.63) is 40.7 Å². The summed E-state index contributed by atoms with van der Waals surface area (Å²) in [6.45, 7) is 0. The third kappa shape index (κ3) is 1.20. The zero-order valence-corrected chi connectivity index (χ0v) is 9.86. The molecule has 3 heterocycles. The second kappa shape index (κ2) is 3.33. The van der Waals surface area contributed by atoms with Gasteiger partial charge in [0.15, 0.2) is 0 Å². The van der Waals surface area contributed by atoms with Crippen molar-refractivity contribution in [1.29, 1.82) is 0 Å². The van der Waals surface area contributed by atoms with Crippen LogP contribution in [0.1, 0.15) is 0 Å². The molecule has 0 amide bonds. The van der Waals surface area contributed by atoms with E-state index in [4.69, 9.17) is 0 Å². The molecule has 0 aliphatic carbocycles. The van der Waals surface area contributed by atoms with Gasteiger partial charge in [0.1, 0.15) is 15.0 Å². The Hall–Kier alpha value is -2.34. The van der Waals surface area contributed by atoms with E-state index in [1.807, 2.05) is 30.3 Å². The number of para-hydroxylation sites is 1. The Labute approximate surface area is 104 Å². The zero-order chi connectivity index (χ0) is 12.1. The van der Waals surface area contributed by atoms with Crippen molar-refractivity contribution >= 4 is 42.7 Å². The van der Waals surface area contributed by atoms with Crippen LogP contribution in [0.5, 0.6) is 0 Å². The number of thiophene rings is 1. The standard InChI is InChI=1S/C12H6N4OS/c17-11-10-9(14-16-15-11)7-5-6-3-1-2-4-8(6)13-12(7)18-10/h1-5H,(H,14,15,17). The number of nitrogens with zero attached hydrogens (tertiary/aromatic N) is 3. The molecule has 0 aliphatic rings. The van der Waals surface area contributed by atoms with Gasteiger partial charge in [0.05, 0.1) is 5.52 Å². The third-order valence-electron chi connectivity index (χ3n) is 2.87. The van der Waals surface area contributed by atoms with Crippen LogP contribution >= 0.6 is 11.3 Å². The van der Waals surface area contributed by atoms with Gasteiger partial charge in [0.2, 0.25) is 0 Å². The highest BCUT2D eigenvalue weighted by molar-refractivity contribution is 7.25. The van der Waals surface area contributed by atoms with E-state index < -0.39 is 0 Å². The van der Waals surface area contributed by atoms with Gasteiger partial charge < -0.3 is 0 Å². The van der Waals surface area contributed by atoms with Crippen molar-refractivity contribution in [2.75, 3.05) is 0 Å². The van der Waals surface area contributed by atoms with Gasteiger partial charge >= 0.3 is 0 Å². The van der Waals surface area contributed by atoms with Crippen LogP contribution in [0, 0.1) is 0 Å². The van der Waals surface area contributed by atoms with Gasteiger partial charge in [-0.15, -0.1) is 16.4 Å². The lowest BCUT2D eigenvalue weighted by Crippen LogP contribution is -2.07. The third-order valence-corrected chi connectivity index (χ3v) is 3.95. The molecule has 86 valence electrons. The molecule has 6 heteroatoms. The van der Waals surface area contributed by atoms with Gasteiger partial charge in [-0.05, 0) is 12.1 Å². The second-order valence-corrected chi connectivity index (χ2v) is 4.95. The zero-order valence-electron chi connectivity index (χ0n) is 9.04. The van der Waals surface area contributed by atoms with E-state index in [2.05, 4.69) is 20.4 Å². The van der Waals surface area contributed by atoms with Gasteiger partial charge in [0, 0.05) is 10.8 Å². The Kier molecular flexibility index (Phi) is 1.79. The van der Waals surface area contributed by atoms with Crippen LogP contribution in [0.2, 0.25) is 0 Å². The molecule has 0 aliphatic heterocycles. The van der Waals surface area contributed by atoms with Gasteiger partial charge in [-0.1, -0.05) is 23.4 Å². The van der Waals surface area contributed by atoms with Crippen molar-refractivity contribution < 1.29 is 0 Å². The fraction of sp³-hybridized carbons (Fsp3) is 0. The minimum Gasteiger partial charge on any atom is -0.266 e. The number of fused-ring (bicyclic) bond motifs is 4. The maximum absolute atomic E-state index is 11.7. The predicted molar refractivity (Wildman–Crippen MR) is 70.8 cm³/mol. The molecule has 0 unspecified atom stereocenters. The maximum atomic E-state index is 11.7. The first-order valence-electron chi connectivity index (χ1n) is 5.36. The molecule has 0 bridgehead atoms. The van der Waals surface area contributed by atoms with Crippen LogP contribution < -0.4 is 5.56 Å². The molecular weight excluding hydrogens is 248 g/mol. The molecule has 4 aromatic rings. The monoisotopic (exact) mass is 254 g/mol. The van der Waals surface area contributed by atoms with Crippen LogP contribution in [-0.4, -0.2) is 20.4 Å². The van der Waals surface area contributed by atoms with Gasteiger partial charge in [-0.25, -0.2) is 10.1 Å². The Balaban J connectivity index is 2.31. The van der Waals surface area contributed by atoms with E-state index in [1.54, 1.807) is 0 Å². The minimum atomic E-state index is -0.216. The van der Waals surface area contributed by atoms with Crippen LogP contribution in [0.25, 0.3) is 31.3 Å². The van der Waals surface area contributed by atoms with Crippen molar-refractivity contribution in [2.24, 2.45) is 0 Å². The lowest BCUT2D eigenvalue weighted by atomic mass is 10.2. The molecule has 3 aromatic heterocycles. The van der Waals surface area contributed by atoms with Crippen molar-refractivity contribution in [3.63, 3.8) is 0 Å². The number of hydrogen-bond donors (Lipinski definition) is 1. The topological polar surface area (TPSA) is 71.5 Å². The number of hydrogen-bond acceptors (Lipinski definition) is 5. The van der Waals surface area contributed by atoms with Crippen LogP contribution in [0.3, 0.4) is 0 Å². The summed E-state index contributed by atoms with van der Waals surface area (Å²) >= 11 is 1.35. The van der Waals surface area contributed by atoms with Crippen LogP contribution in [-0.2, 0) is 0 Å². The van der Waals surface area contributed by atoms with Crippen molar-refractivity contribution in [3.8, 4) is 0 Å². The van der Waals surface area contributed by atoms with Crippen LogP contribution in [0.4, 0.5) is 0 Å². The van der Waals surface area contributed by atoms with E-state index in [0.717, 1.165) is 21.1 Å². The molecule has 0 spiro atoms. The summed E-state index contributed by atoms with van der Waals surface area (Å²) in [4.78, 5) is 17.0. The van der Waals surface area contributed by atoms with Gasteiger partial charge in [-0.2, -0.15) is 0 Å². The van der Waals surface area contributed by atoms with Gasteiger partial charge in [-0.3, -0.25) is 4.79 Å². The number of aromatic nitrogens is 4. The highest BCUT2D eigenvalue weighted by atomic mass is 32.1. The number of nitrogens with one attached hydrogen (secondary N) is 1. The molecule has 0 atom stereocenters. The summed E-state index contributed by atoms with van der Waals surface area (Å²) in [7, 11) is 0. The molecule has 5 nitrogen and oxygen atoms in total. The molecule has 0 radical (unpaired) electrons. The largest absolute Gasteiger partial charge is 0.285 e. The molecular formula is C12H6N4OS. The highest BCUT2D eigenvalue weighted by Gasteiger charge is 2.11. The summed E-state index contributed by atoms with van der Waals surface area (Å²) in [5.74, 6) is 0. The van der Waals surface area contributed by atoms with E-state index in [-0.39, 0.29) is 5.56 Å². The summed E-state index contributed by atoms with van der Waals surface area (Å²) in [6.07, 6.45) is 0. The van der Waals surface area contributed by atoms with Crippen molar-refractivity contribution in [1.82, 2.24) is 20.4 Å². The summed E-state index contributed by atoms with van der Waals surface area (Å²) < 4.78 is 0.572. The second-order valence-electron chi connectivity index (χ2n) is 3.95. The van der Waals surface area contributed by atoms with E-state index >= 15 is 0 Å². The Bertz CT molecular complexity index is 956. The molecule has 0 fully saturated rings. The number of pyridine rings is 1. The predicted octanol–water partition coefficient (Wildman–Crippen LogP) is 2.08.